The Labute approximate surface area is 205 Å². The fourth-order valence-corrected chi connectivity index (χ4v) is 4.05. The summed E-state index contributed by atoms with van der Waals surface area (Å²) < 4.78 is 6.26. The van der Waals surface area contributed by atoms with Crippen molar-refractivity contribution in [1.82, 2.24) is 20.0 Å². The van der Waals surface area contributed by atoms with Crippen LogP contribution in [-0.4, -0.2) is 51.4 Å². The molecule has 2 atom stereocenters. The monoisotopic (exact) mass is 482 g/mol. The lowest BCUT2D eigenvalue weighted by Crippen LogP contribution is -2.50. The Morgan fingerprint density at radius 2 is 1.83 bits per heavy atom. The average Bonchev–Trinajstić information content (AvgIpc) is 3.20. The zero-order valence-electron chi connectivity index (χ0n) is 21.0. The second-order valence-corrected chi connectivity index (χ2v) is 9.69. The number of aromatic nitrogens is 2. The maximum atomic E-state index is 13.3. The van der Waals surface area contributed by atoms with Crippen LogP contribution in [0, 0.1) is 11.8 Å². The summed E-state index contributed by atoms with van der Waals surface area (Å²) in [6, 6.07) is 7.95. The van der Waals surface area contributed by atoms with Gasteiger partial charge < -0.3 is 14.6 Å². The molecule has 9 nitrogen and oxygen atoms in total. The van der Waals surface area contributed by atoms with E-state index in [1.54, 1.807) is 36.1 Å². The first-order valence-electron chi connectivity index (χ1n) is 12.0. The summed E-state index contributed by atoms with van der Waals surface area (Å²) in [6.07, 6.45) is 1.29. The van der Waals surface area contributed by atoms with E-state index in [0.29, 0.717) is 37.1 Å². The van der Waals surface area contributed by atoms with E-state index in [1.165, 1.54) is 0 Å². The summed E-state index contributed by atoms with van der Waals surface area (Å²) in [5.41, 5.74) is 2.09. The molecule has 1 N–H and O–H groups in total. The predicted molar refractivity (Wildman–Crippen MR) is 131 cm³/mol. The first-order valence-corrected chi connectivity index (χ1v) is 12.0. The minimum atomic E-state index is -1.02. The number of Topliss-reactive ketones (excluding diaryl/α,β-unsaturated/α-hetero) is 1. The van der Waals surface area contributed by atoms with Crippen molar-refractivity contribution in [2.45, 2.75) is 60.0 Å². The quantitative estimate of drug-likeness (QED) is 0.457. The van der Waals surface area contributed by atoms with E-state index >= 15 is 0 Å². The summed E-state index contributed by atoms with van der Waals surface area (Å²) in [5, 5.41) is 6.90. The standard InChI is InChI=1S/C26H34N4O5/c1-16(2)14-30-26(34)35-24(28-30)22(31)21(18(5)17(3)4)27-23(32)20-12-9-13-29(15-20)25(33)19-10-7-6-8-11-19/h6-8,10-11,16,20-21H,9,12-15H2,1-5H3,(H,27,32)/t20-,21+/m1/s1. The highest BCUT2D eigenvalue weighted by Crippen LogP contribution is 2.21. The van der Waals surface area contributed by atoms with Crippen molar-refractivity contribution < 1.29 is 18.8 Å². The number of hydrogen-bond donors (Lipinski definition) is 1. The molecule has 0 spiro atoms. The Kier molecular flexibility index (Phi) is 8.43. The summed E-state index contributed by atoms with van der Waals surface area (Å²) in [5.74, 6) is -2.36. The molecule has 2 heterocycles. The molecule has 0 unspecified atom stereocenters. The number of piperidine rings is 1. The number of rotatable bonds is 8. The molecule has 9 heteroatoms. The van der Waals surface area contributed by atoms with Crippen LogP contribution < -0.4 is 11.1 Å². The molecule has 35 heavy (non-hydrogen) atoms. The lowest BCUT2D eigenvalue weighted by atomic mass is 9.94. The molecule has 1 aromatic carbocycles. The Morgan fingerprint density at radius 1 is 1.14 bits per heavy atom. The van der Waals surface area contributed by atoms with Crippen LogP contribution in [0.1, 0.15) is 68.5 Å². The number of benzene rings is 1. The lowest BCUT2D eigenvalue weighted by molar-refractivity contribution is -0.126. The number of hydrogen-bond acceptors (Lipinski definition) is 6. The van der Waals surface area contributed by atoms with Crippen molar-refractivity contribution >= 4 is 17.6 Å². The van der Waals surface area contributed by atoms with Crippen LogP contribution in [0.15, 0.2) is 50.7 Å². The number of allylic oxidation sites excluding steroid dienone is 1. The summed E-state index contributed by atoms with van der Waals surface area (Å²) in [7, 11) is 0. The Bertz CT molecular complexity index is 1160. The van der Waals surface area contributed by atoms with E-state index < -0.39 is 23.5 Å². The average molecular weight is 483 g/mol. The predicted octanol–water partition coefficient (Wildman–Crippen LogP) is 3.07. The van der Waals surface area contributed by atoms with Crippen molar-refractivity contribution in [3.8, 4) is 0 Å². The molecule has 1 aliphatic heterocycles. The number of carbonyl (C=O) groups is 3. The van der Waals surface area contributed by atoms with Gasteiger partial charge in [0.25, 0.3) is 11.8 Å². The molecule has 0 saturated carbocycles. The van der Waals surface area contributed by atoms with E-state index in [1.807, 2.05) is 33.8 Å². The molecule has 1 saturated heterocycles. The van der Waals surface area contributed by atoms with Crippen molar-refractivity contribution in [1.29, 1.82) is 0 Å². The highest BCUT2D eigenvalue weighted by atomic mass is 16.4. The van der Waals surface area contributed by atoms with Gasteiger partial charge in [0.05, 0.1) is 12.5 Å². The van der Waals surface area contributed by atoms with Crippen molar-refractivity contribution in [3.05, 3.63) is 63.5 Å². The van der Waals surface area contributed by atoms with Gasteiger partial charge in [-0.25, -0.2) is 4.79 Å². The van der Waals surface area contributed by atoms with E-state index in [-0.39, 0.29) is 30.2 Å². The van der Waals surface area contributed by atoms with Gasteiger partial charge in [0.15, 0.2) is 0 Å². The Hall–Kier alpha value is -3.49. The molecule has 0 aliphatic carbocycles. The zero-order chi connectivity index (χ0) is 25.7. The fourth-order valence-electron chi connectivity index (χ4n) is 4.05. The molecule has 3 rings (SSSR count). The maximum Gasteiger partial charge on any atom is 0.437 e. The van der Waals surface area contributed by atoms with Crippen molar-refractivity contribution in [2.75, 3.05) is 13.1 Å². The van der Waals surface area contributed by atoms with E-state index in [0.717, 1.165) is 10.3 Å². The van der Waals surface area contributed by atoms with Crippen LogP contribution in [0.5, 0.6) is 0 Å². The number of nitrogens with zero attached hydrogens (tertiary/aromatic N) is 3. The second-order valence-electron chi connectivity index (χ2n) is 9.69. The first kappa shape index (κ1) is 26.1. The van der Waals surface area contributed by atoms with E-state index in [4.69, 9.17) is 4.42 Å². The van der Waals surface area contributed by atoms with Gasteiger partial charge in [-0.2, -0.15) is 4.68 Å². The minimum Gasteiger partial charge on any atom is -0.384 e. The van der Waals surface area contributed by atoms with Gasteiger partial charge in [0.2, 0.25) is 11.7 Å². The molecule has 2 aromatic rings. The van der Waals surface area contributed by atoms with Crippen LogP contribution in [0.2, 0.25) is 0 Å². The topological polar surface area (TPSA) is 115 Å². The third kappa shape index (κ3) is 6.35. The van der Waals surface area contributed by atoms with Crippen LogP contribution in [0.3, 0.4) is 0 Å². The van der Waals surface area contributed by atoms with Crippen molar-refractivity contribution in [2.24, 2.45) is 11.8 Å². The minimum absolute atomic E-state index is 0.117. The molecule has 1 fully saturated rings. The number of likely N-dealkylation sites (tertiary alicyclic amines) is 1. The fraction of sp³-hybridized carbons (Fsp3) is 0.500. The highest BCUT2D eigenvalue weighted by molar-refractivity contribution is 6.01. The summed E-state index contributed by atoms with van der Waals surface area (Å²) in [6.45, 7) is 10.5. The third-order valence-electron chi connectivity index (χ3n) is 6.23. The van der Waals surface area contributed by atoms with Crippen molar-refractivity contribution in [3.63, 3.8) is 0 Å². The highest BCUT2D eigenvalue weighted by Gasteiger charge is 2.34. The van der Waals surface area contributed by atoms with Crippen LogP contribution in [0.25, 0.3) is 0 Å². The largest absolute Gasteiger partial charge is 0.437 e. The van der Waals surface area contributed by atoms with Gasteiger partial charge in [0.1, 0.15) is 6.04 Å². The molecule has 2 amide bonds. The normalized spacial score (nSPS) is 16.6. The second kappa shape index (κ2) is 11.3. The number of ketones is 1. The van der Waals surface area contributed by atoms with Gasteiger partial charge >= 0.3 is 5.76 Å². The number of amides is 2. The Balaban J connectivity index is 1.78. The SMILES string of the molecule is CC(C)=C(C)[C@H](NC(=O)[C@@H]1CCCN(C(=O)c2ccccc2)C1)C(=O)c1nn(CC(C)C)c(=O)o1. The van der Waals surface area contributed by atoms with Gasteiger partial charge in [-0.3, -0.25) is 14.4 Å². The van der Waals surface area contributed by atoms with Gasteiger partial charge in [0, 0.05) is 18.7 Å². The van der Waals surface area contributed by atoms with E-state index in [2.05, 4.69) is 10.4 Å². The molecule has 0 radical (unpaired) electrons. The van der Waals surface area contributed by atoms with Gasteiger partial charge in [-0.1, -0.05) is 37.6 Å². The molecule has 188 valence electrons. The number of carbonyl (C=O) groups excluding carboxylic acids is 3. The maximum absolute atomic E-state index is 13.3. The Morgan fingerprint density at radius 3 is 2.46 bits per heavy atom. The van der Waals surface area contributed by atoms with Crippen LogP contribution in [0.4, 0.5) is 0 Å². The summed E-state index contributed by atoms with van der Waals surface area (Å²) >= 11 is 0. The molecule has 1 aliphatic rings. The smallest absolute Gasteiger partial charge is 0.384 e. The van der Waals surface area contributed by atoms with Crippen LogP contribution in [-0.2, 0) is 11.3 Å². The van der Waals surface area contributed by atoms with E-state index in [9.17, 15) is 19.2 Å². The van der Waals surface area contributed by atoms with Crippen LogP contribution >= 0.6 is 0 Å². The lowest BCUT2D eigenvalue weighted by Gasteiger charge is -2.33. The number of nitrogens with one attached hydrogen (secondary N) is 1. The third-order valence-corrected chi connectivity index (χ3v) is 6.23. The molecular formula is C26H34N4O5. The molecular weight excluding hydrogens is 448 g/mol. The zero-order valence-corrected chi connectivity index (χ0v) is 21.0. The summed E-state index contributed by atoms with van der Waals surface area (Å²) in [4.78, 5) is 53.2. The van der Waals surface area contributed by atoms with Gasteiger partial charge in [-0.05, 0) is 57.2 Å². The molecule has 1 aromatic heterocycles. The molecule has 0 bridgehead atoms. The van der Waals surface area contributed by atoms with Gasteiger partial charge in [-0.15, -0.1) is 5.10 Å². The first-order chi connectivity index (χ1) is 16.6.